The lowest BCUT2D eigenvalue weighted by Crippen LogP contribution is -2.13. The molecule has 0 bridgehead atoms. The Morgan fingerprint density at radius 1 is 1.03 bits per heavy atom. The van der Waals surface area contributed by atoms with Gasteiger partial charge in [0.2, 0.25) is 5.88 Å². The Kier molecular flexibility index (Phi) is 5.13. The molecule has 0 amide bonds. The minimum atomic E-state index is -0.646. The number of benzene rings is 2. The molecule has 0 N–H and O–H groups in total. The standard InChI is InChI=1S/C21H15Cl2N3O3/c1-12-11-17(26(24-12)14-7-4-3-5-8-14)28-21(27)18-13(2)29-25-20(18)19-15(22)9-6-10-16(19)23/h3-11H,1-2H3. The van der Waals surface area contributed by atoms with E-state index in [1.807, 2.05) is 37.3 Å². The second-order valence-electron chi connectivity index (χ2n) is 6.32. The van der Waals surface area contributed by atoms with Crippen molar-refractivity contribution < 1.29 is 14.1 Å². The number of ether oxygens (including phenoxy) is 1. The topological polar surface area (TPSA) is 70.2 Å². The van der Waals surface area contributed by atoms with Crippen LogP contribution in [0.2, 0.25) is 10.0 Å². The average molecular weight is 428 g/mol. The van der Waals surface area contributed by atoms with Gasteiger partial charge in [-0.05, 0) is 38.1 Å². The molecule has 2 aromatic heterocycles. The van der Waals surface area contributed by atoms with E-state index in [1.165, 1.54) is 0 Å². The zero-order chi connectivity index (χ0) is 20.5. The zero-order valence-corrected chi connectivity index (χ0v) is 17.0. The van der Waals surface area contributed by atoms with E-state index in [2.05, 4.69) is 10.3 Å². The van der Waals surface area contributed by atoms with Gasteiger partial charge in [-0.25, -0.2) is 9.48 Å². The highest BCUT2D eigenvalue weighted by atomic mass is 35.5. The van der Waals surface area contributed by atoms with Crippen LogP contribution < -0.4 is 4.74 Å². The summed E-state index contributed by atoms with van der Waals surface area (Å²) in [6.45, 7) is 3.44. The van der Waals surface area contributed by atoms with Crippen LogP contribution in [0.15, 0.2) is 59.1 Å². The third-order valence-electron chi connectivity index (χ3n) is 4.26. The number of aromatic nitrogens is 3. The second-order valence-corrected chi connectivity index (χ2v) is 7.13. The first-order valence-electron chi connectivity index (χ1n) is 8.70. The van der Waals surface area contributed by atoms with Gasteiger partial charge in [0.1, 0.15) is 17.0 Å². The average Bonchev–Trinajstić information content (AvgIpc) is 3.25. The second kappa shape index (κ2) is 7.73. The number of para-hydroxylation sites is 1. The van der Waals surface area contributed by atoms with Gasteiger partial charge >= 0.3 is 5.97 Å². The van der Waals surface area contributed by atoms with E-state index in [0.717, 1.165) is 5.69 Å². The van der Waals surface area contributed by atoms with Gasteiger partial charge in [-0.1, -0.05) is 52.6 Å². The van der Waals surface area contributed by atoms with Crippen molar-refractivity contribution >= 4 is 29.2 Å². The van der Waals surface area contributed by atoms with Gasteiger partial charge in [0.05, 0.1) is 21.4 Å². The van der Waals surface area contributed by atoms with Gasteiger partial charge in [-0.2, -0.15) is 5.10 Å². The van der Waals surface area contributed by atoms with Gasteiger partial charge in [-0.3, -0.25) is 0 Å². The Bertz CT molecular complexity index is 1180. The highest BCUT2D eigenvalue weighted by molar-refractivity contribution is 6.39. The molecule has 0 unspecified atom stereocenters. The molecule has 4 aromatic rings. The van der Waals surface area contributed by atoms with E-state index >= 15 is 0 Å². The van der Waals surface area contributed by atoms with Crippen LogP contribution in [0.25, 0.3) is 16.9 Å². The molecule has 2 aromatic carbocycles. The maximum atomic E-state index is 13.1. The number of hydrogen-bond donors (Lipinski definition) is 0. The van der Waals surface area contributed by atoms with Crippen molar-refractivity contribution in [3.8, 4) is 22.8 Å². The Labute approximate surface area is 176 Å². The first-order valence-corrected chi connectivity index (χ1v) is 9.46. The summed E-state index contributed by atoms with van der Waals surface area (Å²) in [6.07, 6.45) is 0. The van der Waals surface area contributed by atoms with E-state index in [9.17, 15) is 4.79 Å². The third kappa shape index (κ3) is 3.64. The largest absolute Gasteiger partial charge is 0.404 e. The molecule has 0 spiro atoms. The first kappa shape index (κ1) is 19.2. The van der Waals surface area contributed by atoms with Gasteiger partial charge in [0.25, 0.3) is 0 Å². The minimum absolute atomic E-state index is 0.151. The number of carbonyl (C=O) groups is 1. The molecule has 4 rings (SSSR count). The van der Waals surface area contributed by atoms with Crippen molar-refractivity contribution in [3.05, 3.63) is 81.7 Å². The van der Waals surface area contributed by atoms with Crippen molar-refractivity contribution in [2.24, 2.45) is 0 Å². The fourth-order valence-electron chi connectivity index (χ4n) is 2.96. The van der Waals surface area contributed by atoms with E-state index < -0.39 is 5.97 Å². The fourth-order valence-corrected chi connectivity index (χ4v) is 3.53. The highest BCUT2D eigenvalue weighted by Gasteiger charge is 2.27. The van der Waals surface area contributed by atoms with Crippen LogP contribution in [0.3, 0.4) is 0 Å². The molecular weight excluding hydrogens is 413 g/mol. The smallest absolute Gasteiger partial charge is 0.350 e. The number of hydrogen-bond acceptors (Lipinski definition) is 5. The molecule has 0 saturated heterocycles. The molecule has 6 nitrogen and oxygen atoms in total. The minimum Gasteiger partial charge on any atom is -0.404 e. The fraction of sp³-hybridized carbons (Fsp3) is 0.0952. The van der Waals surface area contributed by atoms with Crippen molar-refractivity contribution in [1.82, 2.24) is 14.9 Å². The van der Waals surface area contributed by atoms with Crippen LogP contribution in [0, 0.1) is 13.8 Å². The zero-order valence-electron chi connectivity index (χ0n) is 15.5. The maximum absolute atomic E-state index is 13.1. The number of carbonyl (C=O) groups excluding carboxylic acids is 1. The van der Waals surface area contributed by atoms with Crippen molar-refractivity contribution in [1.29, 1.82) is 0 Å². The number of nitrogens with zero attached hydrogens (tertiary/aromatic N) is 3. The molecule has 29 heavy (non-hydrogen) atoms. The molecule has 8 heteroatoms. The molecule has 0 atom stereocenters. The van der Waals surface area contributed by atoms with Crippen LogP contribution >= 0.6 is 23.2 Å². The van der Waals surface area contributed by atoms with Gasteiger partial charge in [0.15, 0.2) is 0 Å². The van der Waals surface area contributed by atoms with Gasteiger partial charge in [0, 0.05) is 11.6 Å². The molecule has 0 saturated carbocycles. The Balaban J connectivity index is 1.74. The molecular formula is C21H15Cl2N3O3. The summed E-state index contributed by atoms with van der Waals surface area (Å²) in [5, 5.41) is 9.10. The third-order valence-corrected chi connectivity index (χ3v) is 4.89. The Morgan fingerprint density at radius 2 is 1.72 bits per heavy atom. The number of halogens is 2. The lowest BCUT2D eigenvalue weighted by Gasteiger charge is -2.09. The quantitative estimate of drug-likeness (QED) is 0.392. The number of aryl methyl sites for hydroxylation is 2. The highest BCUT2D eigenvalue weighted by Crippen LogP contribution is 2.37. The normalized spacial score (nSPS) is 10.9. The summed E-state index contributed by atoms with van der Waals surface area (Å²) >= 11 is 12.6. The molecule has 0 aliphatic carbocycles. The molecule has 146 valence electrons. The van der Waals surface area contributed by atoms with Crippen LogP contribution in [0.4, 0.5) is 0 Å². The summed E-state index contributed by atoms with van der Waals surface area (Å²) in [7, 11) is 0. The maximum Gasteiger partial charge on any atom is 0.350 e. The summed E-state index contributed by atoms with van der Waals surface area (Å²) in [5.41, 5.74) is 2.25. The van der Waals surface area contributed by atoms with Crippen LogP contribution in [0.5, 0.6) is 5.88 Å². The number of rotatable bonds is 4. The molecule has 0 radical (unpaired) electrons. The lowest BCUT2D eigenvalue weighted by molar-refractivity contribution is 0.0722. The monoisotopic (exact) mass is 427 g/mol. The predicted molar refractivity (Wildman–Crippen MR) is 110 cm³/mol. The molecule has 0 aliphatic rings. The van der Waals surface area contributed by atoms with Crippen molar-refractivity contribution in [2.45, 2.75) is 13.8 Å². The SMILES string of the molecule is Cc1cc(OC(=O)c2c(-c3c(Cl)cccc3Cl)noc2C)n(-c2ccccc2)n1. The predicted octanol–water partition coefficient (Wildman–Crippen LogP) is 5.67. The van der Waals surface area contributed by atoms with Crippen molar-refractivity contribution in [3.63, 3.8) is 0 Å². The number of esters is 1. The van der Waals surface area contributed by atoms with Crippen LogP contribution in [-0.4, -0.2) is 20.9 Å². The Hall–Kier alpha value is -3.09. The lowest BCUT2D eigenvalue weighted by atomic mass is 10.1. The van der Waals surface area contributed by atoms with Gasteiger partial charge < -0.3 is 9.26 Å². The summed E-state index contributed by atoms with van der Waals surface area (Å²) in [6, 6.07) is 16.1. The molecule has 0 fully saturated rings. The summed E-state index contributed by atoms with van der Waals surface area (Å²) < 4.78 is 12.5. The summed E-state index contributed by atoms with van der Waals surface area (Å²) in [4.78, 5) is 13.1. The van der Waals surface area contributed by atoms with Gasteiger partial charge in [-0.15, -0.1) is 0 Å². The molecule has 2 heterocycles. The molecule has 0 aliphatic heterocycles. The Morgan fingerprint density at radius 3 is 2.41 bits per heavy atom. The van der Waals surface area contributed by atoms with Crippen LogP contribution in [0.1, 0.15) is 21.8 Å². The van der Waals surface area contributed by atoms with Crippen LogP contribution in [-0.2, 0) is 0 Å². The van der Waals surface area contributed by atoms with E-state index in [0.29, 0.717) is 27.1 Å². The van der Waals surface area contributed by atoms with E-state index in [1.54, 1.807) is 35.9 Å². The van der Waals surface area contributed by atoms with E-state index in [-0.39, 0.29) is 17.1 Å². The van der Waals surface area contributed by atoms with Crippen molar-refractivity contribution in [2.75, 3.05) is 0 Å². The van der Waals surface area contributed by atoms with E-state index in [4.69, 9.17) is 32.5 Å². The first-order chi connectivity index (χ1) is 14.0. The summed E-state index contributed by atoms with van der Waals surface area (Å²) in [5.74, 6) is -0.0780.